The van der Waals surface area contributed by atoms with E-state index >= 15 is 0 Å². The third kappa shape index (κ3) is 2.97. The van der Waals surface area contributed by atoms with E-state index in [0.29, 0.717) is 18.1 Å². The molecule has 0 N–H and O–H groups in total. The molecule has 1 aromatic carbocycles. The minimum atomic E-state index is -3.46. The predicted molar refractivity (Wildman–Crippen MR) is 80.7 cm³/mol. The quantitative estimate of drug-likeness (QED) is 0.871. The van der Waals surface area contributed by atoms with Gasteiger partial charge in [0, 0.05) is 30.5 Å². The number of nitrogens with zero attached hydrogens (tertiary/aromatic N) is 3. The molecule has 0 bridgehead atoms. The third-order valence-corrected chi connectivity index (χ3v) is 5.89. The summed E-state index contributed by atoms with van der Waals surface area (Å²) in [5.41, 5.74) is 0. The van der Waals surface area contributed by atoms with Gasteiger partial charge in [0.25, 0.3) is 0 Å². The molecule has 3 rings (SSSR count). The molecular weight excluding hydrogens is 310 g/mol. The van der Waals surface area contributed by atoms with Crippen LogP contribution in [-0.2, 0) is 10.0 Å². The molecule has 1 aliphatic rings. The van der Waals surface area contributed by atoms with E-state index < -0.39 is 10.0 Å². The highest BCUT2D eigenvalue weighted by Crippen LogP contribution is 2.27. The van der Waals surface area contributed by atoms with Gasteiger partial charge in [-0.15, -0.1) is 0 Å². The molecular formula is C14H16ClN3O2S. The minimum absolute atomic E-state index is 0.257. The highest BCUT2D eigenvalue weighted by molar-refractivity contribution is 7.89. The second-order valence-corrected chi connectivity index (χ2v) is 7.45. The van der Waals surface area contributed by atoms with E-state index in [1.165, 1.54) is 10.4 Å². The average molecular weight is 326 g/mol. The molecule has 2 aromatic rings. The molecule has 0 atom stereocenters. The lowest BCUT2D eigenvalue weighted by atomic mass is 10.1. The molecule has 0 amide bonds. The highest BCUT2D eigenvalue weighted by Gasteiger charge is 2.30. The molecule has 1 fully saturated rings. The molecule has 0 radical (unpaired) electrons. The van der Waals surface area contributed by atoms with Crippen LogP contribution < -0.4 is 0 Å². The average Bonchev–Trinajstić information content (AvgIpc) is 3.02. The van der Waals surface area contributed by atoms with E-state index in [4.69, 9.17) is 11.6 Å². The lowest BCUT2D eigenvalue weighted by Crippen LogP contribution is -2.39. The first kappa shape index (κ1) is 14.6. The Kier molecular flexibility index (Phi) is 4.01. The Morgan fingerprint density at radius 1 is 1.19 bits per heavy atom. The van der Waals surface area contributed by atoms with Gasteiger partial charge in [0.15, 0.2) is 0 Å². The van der Waals surface area contributed by atoms with Crippen molar-refractivity contribution in [3.8, 4) is 0 Å². The van der Waals surface area contributed by atoms with Crippen LogP contribution in [0.2, 0.25) is 5.02 Å². The van der Waals surface area contributed by atoms with Gasteiger partial charge in [-0.1, -0.05) is 17.7 Å². The molecule has 112 valence electrons. The molecule has 0 saturated carbocycles. The Balaban J connectivity index is 1.74. The zero-order chi connectivity index (χ0) is 14.9. The summed E-state index contributed by atoms with van der Waals surface area (Å²) in [6.45, 7) is 0.999. The fourth-order valence-corrected chi connectivity index (χ4v) is 4.39. The summed E-state index contributed by atoms with van der Waals surface area (Å²) >= 11 is 5.89. The molecule has 1 saturated heterocycles. The fraction of sp³-hybridized carbons (Fsp3) is 0.357. The van der Waals surface area contributed by atoms with E-state index in [-0.39, 0.29) is 10.9 Å². The number of sulfonamides is 1. The maximum Gasteiger partial charge on any atom is 0.243 e. The smallest absolute Gasteiger partial charge is 0.243 e. The second kappa shape index (κ2) is 5.79. The largest absolute Gasteiger partial charge is 0.270 e. The van der Waals surface area contributed by atoms with Gasteiger partial charge in [0.1, 0.15) is 0 Å². The monoisotopic (exact) mass is 325 g/mol. The van der Waals surface area contributed by atoms with E-state index in [2.05, 4.69) is 5.10 Å². The van der Waals surface area contributed by atoms with Crippen LogP contribution in [0, 0.1) is 0 Å². The van der Waals surface area contributed by atoms with Crippen LogP contribution in [0.25, 0.3) is 0 Å². The SMILES string of the molecule is O=S(=O)(c1cccc(Cl)c1)N1CCC(n2cccn2)CC1. The maximum absolute atomic E-state index is 12.6. The minimum Gasteiger partial charge on any atom is -0.270 e. The predicted octanol–water partition coefficient (Wildman–Crippen LogP) is 2.56. The molecule has 1 aliphatic heterocycles. The Labute approximate surface area is 129 Å². The number of aromatic nitrogens is 2. The number of hydrogen-bond donors (Lipinski definition) is 0. The highest BCUT2D eigenvalue weighted by atomic mass is 35.5. The summed E-state index contributed by atoms with van der Waals surface area (Å²) in [6.07, 6.45) is 5.20. The Hall–Kier alpha value is -1.37. The van der Waals surface area contributed by atoms with Crippen molar-refractivity contribution in [2.75, 3.05) is 13.1 Å². The molecule has 21 heavy (non-hydrogen) atoms. The summed E-state index contributed by atoms with van der Waals surface area (Å²) in [4.78, 5) is 0.257. The van der Waals surface area contributed by atoms with E-state index in [9.17, 15) is 8.42 Å². The van der Waals surface area contributed by atoms with Crippen LogP contribution in [0.5, 0.6) is 0 Å². The zero-order valence-electron chi connectivity index (χ0n) is 11.4. The van der Waals surface area contributed by atoms with Crippen molar-refractivity contribution >= 4 is 21.6 Å². The van der Waals surface area contributed by atoms with Crippen LogP contribution >= 0.6 is 11.6 Å². The normalized spacial score (nSPS) is 18.0. The molecule has 7 heteroatoms. The summed E-state index contributed by atoms with van der Waals surface area (Å²) in [5, 5.41) is 4.66. The van der Waals surface area contributed by atoms with Crippen molar-refractivity contribution in [1.29, 1.82) is 0 Å². The topological polar surface area (TPSA) is 55.2 Å². The van der Waals surface area contributed by atoms with Gasteiger partial charge in [0.05, 0.1) is 10.9 Å². The van der Waals surface area contributed by atoms with Crippen molar-refractivity contribution in [2.24, 2.45) is 0 Å². The number of rotatable bonds is 3. The zero-order valence-corrected chi connectivity index (χ0v) is 13.0. The summed E-state index contributed by atoms with van der Waals surface area (Å²) in [6, 6.07) is 8.56. The van der Waals surface area contributed by atoms with Crippen molar-refractivity contribution < 1.29 is 8.42 Å². The third-order valence-electron chi connectivity index (χ3n) is 3.76. The summed E-state index contributed by atoms with van der Waals surface area (Å²) < 4.78 is 28.6. The standard InChI is InChI=1S/C14H16ClN3O2S/c15-12-3-1-4-14(11-12)21(19,20)17-9-5-13(6-10-17)18-8-2-7-16-18/h1-4,7-8,11,13H,5-6,9-10H2. The summed E-state index contributed by atoms with van der Waals surface area (Å²) in [7, 11) is -3.46. The molecule has 0 aliphatic carbocycles. The van der Waals surface area contributed by atoms with Crippen molar-refractivity contribution in [1.82, 2.24) is 14.1 Å². The van der Waals surface area contributed by atoms with E-state index in [0.717, 1.165) is 12.8 Å². The fourth-order valence-electron chi connectivity index (χ4n) is 2.62. The lowest BCUT2D eigenvalue weighted by Gasteiger charge is -2.31. The van der Waals surface area contributed by atoms with Crippen molar-refractivity contribution in [2.45, 2.75) is 23.8 Å². The van der Waals surface area contributed by atoms with Gasteiger partial charge in [-0.05, 0) is 37.1 Å². The Morgan fingerprint density at radius 3 is 2.57 bits per heavy atom. The van der Waals surface area contributed by atoms with Crippen molar-refractivity contribution in [3.63, 3.8) is 0 Å². The molecule has 5 nitrogen and oxygen atoms in total. The van der Waals surface area contributed by atoms with Crippen LogP contribution in [-0.4, -0.2) is 35.6 Å². The van der Waals surface area contributed by atoms with Gasteiger partial charge < -0.3 is 0 Å². The van der Waals surface area contributed by atoms with Gasteiger partial charge in [-0.2, -0.15) is 9.40 Å². The maximum atomic E-state index is 12.6. The first-order valence-corrected chi connectivity index (χ1v) is 8.64. The second-order valence-electron chi connectivity index (χ2n) is 5.08. The van der Waals surface area contributed by atoms with E-state index in [1.807, 2.05) is 16.9 Å². The first-order chi connectivity index (χ1) is 10.1. The number of benzene rings is 1. The van der Waals surface area contributed by atoms with Crippen LogP contribution in [0.4, 0.5) is 0 Å². The van der Waals surface area contributed by atoms with E-state index in [1.54, 1.807) is 24.4 Å². The Morgan fingerprint density at radius 2 is 1.95 bits per heavy atom. The van der Waals surface area contributed by atoms with Crippen LogP contribution in [0.3, 0.4) is 0 Å². The number of piperidine rings is 1. The number of hydrogen-bond acceptors (Lipinski definition) is 3. The summed E-state index contributed by atoms with van der Waals surface area (Å²) in [5.74, 6) is 0. The first-order valence-electron chi connectivity index (χ1n) is 6.82. The molecule has 0 spiro atoms. The molecule has 0 unspecified atom stereocenters. The van der Waals surface area contributed by atoms with Gasteiger partial charge in [-0.3, -0.25) is 4.68 Å². The van der Waals surface area contributed by atoms with Gasteiger partial charge >= 0.3 is 0 Å². The van der Waals surface area contributed by atoms with Crippen LogP contribution in [0.15, 0.2) is 47.6 Å². The molecule has 2 heterocycles. The lowest BCUT2D eigenvalue weighted by molar-refractivity contribution is 0.261. The van der Waals surface area contributed by atoms with Crippen molar-refractivity contribution in [3.05, 3.63) is 47.7 Å². The van der Waals surface area contributed by atoms with Gasteiger partial charge in [-0.25, -0.2) is 8.42 Å². The number of halogens is 1. The van der Waals surface area contributed by atoms with Gasteiger partial charge in [0.2, 0.25) is 10.0 Å². The molecule has 1 aromatic heterocycles. The Bertz CT molecular complexity index is 708. The van der Waals surface area contributed by atoms with Crippen LogP contribution in [0.1, 0.15) is 18.9 Å².